The highest BCUT2D eigenvalue weighted by molar-refractivity contribution is 5.77. The second kappa shape index (κ2) is 7.32. The number of morpholine rings is 1. The van der Waals surface area contributed by atoms with Gasteiger partial charge in [-0.05, 0) is 31.0 Å². The van der Waals surface area contributed by atoms with Gasteiger partial charge in [0.1, 0.15) is 0 Å². The SMILES string of the molecule is Cc1cccc(N2CCN(C(=O)CC3CNCCO3)CC2)c1C. The average molecular weight is 317 g/mol. The molecule has 0 spiro atoms. The number of aryl methyl sites for hydroxylation is 1. The molecular formula is C18H27N3O2. The molecule has 1 amide bonds. The Morgan fingerprint density at radius 2 is 2.04 bits per heavy atom. The molecule has 1 aromatic rings. The topological polar surface area (TPSA) is 44.8 Å². The Labute approximate surface area is 138 Å². The molecule has 23 heavy (non-hydrogen) atoms. The summed E-state index contributed by atoms with van der Waals surface area (Å²) in [6, 6.07) is 6.45. The van der Waals surface area contributed by atoms with Crippen molar-refractivity contribution < 1.29 is 9.53 Å². The van der Waals surface area contributed by atoms with E-state index in [0.29, 0.717) is 13.0 Å². The van der Waals surface area contributed by atoms with Crippen LogP contribution in [-0.4, -0.2) is 62.8 Å². The number of carbonyl (C=O) groups excluding carboxylic acids is 1. The lowest BCUT2D eigenvalue weighted by Gasteiger charge is -2.37. The van der Waals surface area contributed by atoms with Crippen molar-refractivity contribution in [3.05, 3.63) is 29.3 Å². The van der Waals surface area contributed by atoms with E-state index in [1.807, 2.05) is 4.90 Å². The van der Waals surface area contributed by atoms with E-state index in [0.717, 1.165) is 39.3 Å². The largest absolute Gasteiger partial charge is 0.375 e. The quantitative estimate of drug-likeness (QED) is 0.913. The molecule has 1 aromatic carbocycles. The first kappa shape index (κ1) is 16.3. The molecule has 0 aliphatic carbocycles. The van der Waals surface area contributed by atoms with E-state index in [4.69, 9.17) is 4.74 Å². The highest BCUT2D eigenvalue weighted by atomic mass is 16.5. The Balaban J connectivity index is 1.53. The van der Waals surface area contributed by atoms with Gasteiger partial charge in [0.15, 0.2) is 0 Å². The summed E-state index contributed by atoms with van der Waals surface area (Å²) in [6.07, 6.45) is 0.532. The fourth-order valence-electron chi connectivity index (χ4n) is 3.35. The van der Waals surface area contributed by atoms with Crippen molar-refractivity contribution in [2.75, 3.05) is 50.8 Å². The van der Waals surface area contributed by atoms with E-state index in [1.54, 1.807) is 0 Å². The lowest BCUT2D eigenvalue weighted by molar-refractivity contribution is -0.135. The molecule has 2 fully saturated rings. The fraction of sp³-hybridized carbons (Fsp3) is 0.611. The van der Waals surface area contributed by atoms with Crippen molar-refractivity contribution in [3.8, 4) is 0 Å². The maximum absolute atomic E-state index is 12.4. The standard InChI is InChI=1S/C18H27N3O2/c1-14-4-3-5-17(15(14)2)20-7-9-21(10-8-20)18(22)12-16-13-19-6-11-23-16/h3-5,16,19H,6-13H2,1-2H3. The number of ether oxygens (including phenoxy) is 1. The van der Waals surface area contributed by atoms with E-state index < -0.39 is 0 Å². The zero-order valence-corrected chi connectivity index (χ0v) is 14.2. The molecule has 1 atom stereocenters. The zero-order valence-electron chi connectivity index (χ0n) is 14.2. The number of nitrogens with zero attached hydrogens (tertiary/aromatic N) is 2. The Morgan fingerprint density at radius 1 is 1.26 bits per heavy atom. The van der Waals surface area contributed by atoms with Crippen LogP contribution < -0.4 is 10.2 Å². The number of amides is 1. The number of hydrogen-bond acceptors (Lipinski definition) is 4. The maximum atomic E-state index is 12.4. The summed E-state index contributed by atoms with van der Waals surface area (Å²) < 4.78 is 5.64. The van der Waals surface area contributed by atoms with Gasteiger partial charge in [-0.3, -0.25) is 4.79 Å². The van der Waals surface area contributed by atoms with Crippen molar-refractivity contribution in [3.63, 3.8) is 0 Å². The first-order valence-electron chi connectivity index (χ1n) is 8.56. The van der Waals surface area contributed by atoms with Crippen LogP contribution in [0.15, 0.2) is 18.2 Å². The highest BCUT2D eigenvalue weighted by Gasteiger charge is 2.25. The molecule has 0 saturated carbocycles. The Morgan fingerprint density at radius 3 is 2.74 bits per heavy atom. The predicted octanol–water partition coefficient (Wildman–Crippen LogP) is 1.33. The minimum Gasteiger partial charge on any atom is -0.375 e. The Hall–Kier alpha value is -1.59. The molecular weight excluding hydrogens is 290 g/mol. The van der Waals surface area contributed by atoms with Crippen molar-refractivity contribution in [1.82, 2.24) is 10.2 Å². The van der Waals surface area contributed by atoms with Gasteiger partial charge in [-0.15, -0.1) is 0 Å². The number of rotatable bonds is 3. The van der Waals surface area contributed by atoms with Crippen LogP contribution in [0.4, 0.5) is 5.69 Å². The molecule has 2 aliphatic heterocycles. The third kappa shape index (κ3) is 3.85. The summed E-state index contributed by atoms with van der Waals surface area (Å²) in [5.74, 6) is 0.222. The molecule has 2 heterocycles. The molecule has 126 valence electrons. The number of benzene rings is 1. The number of anilines is 1. The average Bonchev–Trinajstić information content (AvgIpc) is 2.58. The molecule has 3 rings (SSSR count). The third-order valence-electron chi connectivity index (χ3n) is 4.96. The van der Waals surface area contributed by atoms with E-state index in [1.165, 1.54) is 16.8 Å². The van der Waals surface area contributed by atoms with Gasteiger partial charge in [0.25, 0.3) is 0 Å². The molecule has 1 unspecified atom stereocenters. The molecule has 5 nitrogen and oxygen atoms in total. The van der Waals surface area contributed by atoms with E-state index in [-0.39, 0.29) is 12.0 Å². The maximum Gasteiger partial charge on any atom is 0.225 e. The van der Waals surface area contributed by atoms with Crippen molar-refractivity contribution in [2.24, 2.45) is 0 Å². The molecule has 1 N–H and O–H groups in total. The van der Waals surface area contributed by atoms with Crippen LogP contribution in [0.2, 0.25) is 0 Å². The van der Waals surface area contributed by atoms with Gasteiger partial charge in [0, 0.05) is 45.0 Å². The van der Waals surface area contributed by atoms with Crippen LogP contribution in [0.25, 0.3) is 0 Å². The van der Waals surface area contributed by atoms with Crippen molar-refractivity contribution >= 4 is 11.6 Å². The van der Waals surface area contributed by atoms with Gasteiger partial charge in [0.05, 0.1) is 19.1 Å². The normalized spacial score (nSPS) is 22.3. The first-order chi connectivity index (χ1) is 11.1. The molecule has 2 saturated heterocycles. The second-order valence-corrected chi connectivity index (χ2v) is 6.49. The number of piperazine rings is 1. The van der Waals surface area contributed by atoms with Crippen LogP contribution in [0, 0.1) is 13.8 Å². The Kier molecular flexibility index (Phi) is 5.18. The highest BCUT2D eigenvalue weighted by Crippen LogP contribution is 2.24. The summed E-state index contributed by atoms with van der Waals surface area (Å²) >= 11 is 0. The monoisotopic (exact) mass is 317 g/mol. The van der Waals surface area contributed by atoms with E-state index in [2.05, 4.69) is 42.3 Å². The number of nitrogens with one attached hydrogen (secondary N) is 1. The number of hydrogen-bond donors (Lipinski definition) is 1. The summed E-state index contributed by atoms with van der Waals surface area (Å²) in [7, 11) is 0. The van der Waals surface area contributed by atoms with Crippen LogP contribution in [-0.2, 0) is 9.53 Å². The molecule has 2 aliphatic rings. The fourth-order valence-corrected chi connectivity index (χ4v) is 3.35. The number of carbonyl (C=O) groups is 1. The smallest absolute Gasteiger partial charge is 0.225 e. The molecule has 0 bridgehead atoms. The van der Waals surface area contributed by atoms with Gasteiger partial charge >= 0.3 is 0 Å². The summed E-state index contributed by atoms with van der Waals surface area (Å²) in [5, 5.41) is 3.28. The van der Waals surface area contributed by atoms with Crippen molar-refractivity contribution in [2.45, 2.75) is 26.4 Å². The predicted molar refractivity (Wildman–Crippen MR) is 91.9 cm³/mol. The molecule has 0 aromatic heterocycles. The first-order valence-corrected chi connectivity index (χ1v) is 8.56. The lowest BCUT2D eigenvalue weighted by atomic mass is 10.1. The summed E-state index contributed by atoms with van der Waals surface area (Å²) in [4.78, 5) is 16.8. The molecule has 5 heteroatoms. The van der Waals surface area contributed by atoms with Gasteiger partial charge in [-0.2, -0.15) is 0 Å². The lowest BCUT2D eigenvalue weighted by Crippen LogP contribution is -2.50. The Bertz CT molecular complexity index is 547. The van der Waals surface area contributed by atoms with Crippen LogP contribution >= 0.6 is 0 Å². The van der Waals surface area contributed by atoms with Crippen LogP contribution in [0.1, 0.15) is 17.5 Å². The molecule has 0 radical (unpaired) electrons. The van der Waals surface area contributed by atoms with Gasteiger partial charge < -0.3 is 19.9 Å². The van der Waals surface area contributed by atoms with Gasteiger partial charge in [-0.1, -0.05) is 12.1 Å². The van der Waals surface area contributed by atoms with Crippen molar-refractivity contribution in [1.29, 1.82) is 0 Å². The minimum absolute atomic E-state index is 0.0355. The van der Waals surface area contributed by atoms with E-state index >= 15 is 0 Å². The van der Waals surface area contributed by atoms with Gasteiger partial charge in [-0.25, -0.2) is 0 Å². The second-order valence-electron chi connectivity index (χ2n) is 6.49. The zero-order chi connectivity index (χ0) is 16.2. The van der Waals surface area contributed by atoms with E-state index in [9.17, 15) is 4.79 Å². The van der Waals surface area contributed by atoms with Crippen LogP contribution in [0.3, 0.4) is 0 Å². The minimum atomic E-state index is 0.0355. The summed E-state index contributed by atoms with van der Waals surface area (Å²) in [5.41, 5.74) is 3.97. The van der Waals surface area contributed by atoms with Gasteiger partial charge in [0.2, 0.25) is 5.91 Å². The third-order valence-corrected chi connectivity index (χ3v) is 4.96. The summed E-state index contributed by atoms with van der Waals surface area (Å²) in [6.45, 7) is 10.1. The van der Waals surface area contributed by atoms with Crippen LogP contribution in [0.5, 0.6) is 0 Å².